The van der Waals surface area contributed by atoms with Crippen LogP contribution in [0.3, 0.4) is 0 Å². The number of aliphatic carboxylic acids is 1. The Labute approximate surface area is 202 Å². The standard InChI is InChI=1S/C24H28ClNO8/c1-24(12-27,13-28)11-26-17-8-7-14(25)9-16(17)21(34-19(23(26)31)10-20(29)30)15-5-4-6-18(32-2)22(15)33-3/h4-9,19,21,27-28H,10-13H2,1-3H3,(H,29,30)/t19-,21-/m1/s1. The highest BCUT2D eigenvalue weighted by molar-refractivity contribution is 6.30. The van der Waals surface area contributed by atoms with E-state index in [9.17, 15) is 24.9 Å². The van der Waals surface area contributed by atoms with Crippen molar-refractivity contribution in [3.8, 4) is 11.5 Å². The molecular weight excluding hydrogens is 466 g/mol. The largest absolute Gasteiger partial charge is 0.493 e. The monoisotopic (exact) mass is 493 g/mol. The van der Waals surface area contributed by atoms with Gasteiger partial charge in [-0.15, -0.1) is 0 Å². The molecule has 0 fully saturated rings. The molecule has 34 heavy (non-hydrogen) atoms. The number of ether oxygens (including phenoxy) is 3. The van der Waals surface area contributed by atoms with Crippen molar-refractivity contribution < 1.29 is 39.1 Å². The lowest BCUT2D eigenvalue weighted by Crippen LogP contribution is -2.47. The second kappa shape index (κ2) is 10.6. The van der Waals surface area contributed by atoms with E-state index in [4.69, 9.17) is 25.8 Å². The summed E-state index contributed by atoms with van der Waals surface area (Å²) in [6, 6.07) is 10.1. The van der Waals surface area contributed by atoms with E-state index in [0.717, 1.165) is 0 Å². The molecule has 1 aliphatic heterocycles. The molecule has 2 aromatic carbocycles. The van der Waals surface area contributed by atoms with Crippen molar-refractivity contribution in [3.05, 3.63) is 52.5 Å². The molecule has 0 unspecified atom stereocenters. The van der Waals surface area contributed by atoms with Gasteiger partial charge in [0.1, 0.15) is 12.2 Å². The van der Waals surface area contributed by atoms with E-state index in [-0.39, 0.29) is 6.54 Å². The lowest BCUT2D eigenvalue weighted by molar-refractivity contribution is -0.147. The number of fused-ring (bicyclic) bond motifs is 1. The van der Waals surface area contributed by atoms with Crippen LogP contribution in [0.1, 0.15) is 30.6 Å². The van der Waals surface area contributed by atoms with E-state index in [2.05, 4.69) is 0 Å². The Kier molecular flexibility index (Phi) is 8.04. The first kappa shape index (κ1) is 25.8. The minimum absolute atomic E-state index is 0.0745. The molecule has 1 amide bonds. The van der Waals surface area contributed by atoms with Gasteiger partial charge in [-0.1, -0.05) is 30.7 Å². The number of anilines is 1. The Morgan fingerprint density at radius 3 is 2.44 bits per heavy atom. The van der Waals surface area contributed by atoms with Crippen LogP contribution in [0.15, 0.2) is 36.4 Å². The van der Waals surface area contributed by atoms with Gasteiger partial charge in [-0.3, -0.25) is 9.59 Å². The van der Waals surface area contributed by atoms with Crippen molar-refractivity contribution >= 4 is 29.2 Å². The third-order valence-electron chi connectivity index (χ3n) is 5.78. The lowest BCUT2D eigenvalue weighted by Gasteiger charge is -2.33. The maximum Gasteiger partial charge on any atom is 0.306 e. The van der Waals surface area contributed by atoms with Gasteiger partial charge in [0, 0.05) is 33.8 Å². The van der Waals surface area contributed by atoms with E-state index in [0.29, 0.717) is 33.3 Å². The number of aliphatic hydroxyl groups excluding tert-OH is 2. The van der Waals surface area contributed by atoms with Crippen LogP contribution in [-0.2, 0) is 14.3 Å². The van der Waals surface area contributed by atoms with Gasteiger partial charge in [-0.2, -0.15) is 0 Å². The number of halogens is 1. The number of carboxylic acid groups (broad SMARTS) is 1. The summed E-state index contributed by atoms with van der Waals surface area (Å²) in [7, 11) is 2.96. The van der Waals surface area contributed by atoms with Gasteiger partial charge in [-0.05, 0) is 24.3 Å². The summed E-state index contributed by atoms with van der Waals surface area (Å²) in [4.78, 5) is 26.6. The van der Waals surface area contributed by atoms with E-state index in [1.165, 1.54) is 19.1 Å². The third-order valence-corrected chi connectivity index (χ3v) is 6.02. The zero-order valence-corrected chi connectivity index (χ0v) is 19.9. The molecule has 0 saturated carbocycles. The quantitative estimate of drug-likeness (QED) is 0.486. The molecule has 184 valence electrons. The van der Waals surface area contributed by atoms with Crippen LogP contribution in [0.4, 0.5) is 5.69 Å². The van der Waals surface area contributed by atoms with Crippen molar-refractivity contribution in [2.24, 2.45) is 5.41 Å². The van der Waals surface area contributed by atoms with Gasteiger partial charge in [-0.25, -0.2) is 0 Å². The zero-order chi connectivity index (χ0) is 25.0. The first-order valence-electron chi connectivity index (χ1n) is 10.6. The van der Waals surface area contributed by atoms with Gasteiger partial charge in [0.25, 0.3) is 5.91 Å². The topological polar surface area (TPSA) is 126 Å². The molecule has 0 radical (unpaired) electrons. The molecule has 1 aliphatic rings. The first-order valence-corrected chi connectivity index (χ1v) is 11.0. The summed E-state index contributed by atoms with van der Waals surface area (Å²) < 4.78 is 17.1. The van der Waals surface area contributed by atoms with E-state index < -0.39 is 49.1 Å². The molecule has 1 heterocycles. The second-order valence-corrected chi connectivity index (χ2v) is 8.88. The number of benzene rings is 2. The zero-order valence-electron chi connectivity index (χ0n) is 19.2. The number of carboxylic acids is 1. The Morgan fingerprint density at radius 2 is 1.85 bits per heavy atom. The number of nitrogens with zero attached hydrogens (tertiary/aromatic N) is 1. The number of hydrogen-bond donors (Lipinski definition) is 3. The smallest absolute Gasteiger partial charge is 0.306 e. The first-order chi connectivity index (χ1) is 16.2. The lowest BCUT2D eigenvalue weighted by atomic mass is 9.91. The molecule has 0 spiro atoms. The number of carbonyl (C=O) groups is 2. The molecule has 0 aromatic heterocycles. The van der Waals surface area contributed by atoms with Gasteiger partial charge in [0.15, 0.2) is 11.5 Å². The van der Waals surface area contributed by atoms with Gasteiger partial charge < -0.3 is 34.4 Å². The summed E-state index contributed by atoms with van der Waals surface area (Å²) in [6.07, 6.45) is -2.87. The van der Waals surface area contributed by atoms with Crippen LogP contribution in [-0.4, -0.2) is 67.3 Å². The summed E-state index contributed by atoms with van der Waals surface area (Å²) in [5, 5.41) is 29.6. The van der Waals surface area contributed by atoms with Crippen LogP contribution in [0.25, 0.3) is 0 Å². The maximum absolute atomic E-state index is 13.6. The summed E-state index contributed by atoms with van der Waals surface area (Å²) in [5.41, 5.74) is 0.389. The fourth-order valence-electron chi connectivity index (χ4n) is 3.92. The van der Waals surface area contributed by atoms with Crippen LogP contribution in [0, 0.1) is 5.41 Å². The van der Waals surface area contributed by atoms with Crippen molar-refractivity contribution in [3.63, 3.8) is 0 Å². The van der Waals surface area contributed by atoms with Gasteiger partial charge in [0.2, 0.25) is 0 Å². The fourth-order valence-corrected chi connectivity index (χ4v) is 4.10. The highest BCUT2D eigenvalue weighted by Gasteiger charge is 2.41. The number of carbonyl (C=O) groups excluding carboxylic acids is 1. The summed E-state index contributed by atoms with van der Waals surface area (Å²) in [5.74, 6) is -1.02. The highest BCUT2D eigenvalue weighted by Crippen LogP contribution is 2.45. The minimum Gasteiger partial charge on any atom is -0.493 e. The number of methoxy groups -OCH3 is 2. The molecule has 3 rings (SSSR count). The van der Waals surface area contributed by atoms with Gasteiger partial charge in [0.05, 0.1) is 33.9 Å². The minimum atomic E-state index is -1.36. The number of rotatable bonds is 9. The molecule has 9 nitrogen and oxygen atoms in total. The van der Waals surface area contributed by atoms with Crippen LogP contribution < -0.4 is 14.4 Å². The molecule has 2 atom stereocenters. The normalized spacial score (nSPS) is 18.3. The van der Waals surface area contributed by atoms with Crippen molar-refractivity contribution in [1.82, 2.24) is 0 Å². The predicted molar refractivity (Wildman–Crippen MR) is 125 cm³/mol. The van der Waals surface area contributed by atoms with E-state index >= 15 is 0 Å². The molecule has 10 heteroatoms. The summed E-state index contributed by atoms with van der Waals surface area (Å²) >= 11 is 6.32. The Hall–Kier alpha value is -2.85. The third kappa shape index (κ3) is 5.12. The van der Waals surface area contributed by atoms with Gasteiger partial charge >= 0.3 is 5.97 Å². The molecule has 0 bridgehead atoms. The molecule has 2 aromatic rings. The van der Waals surface area contributed by atoms with Crippen LogP contribution in [0.5, 0.6) is 11.5 Å². The summed E-state index contributed by atoms with van der Waals surface area (Å²) in [6.45, 7) is 0.757. The Bertz CT molecular complexity index is 1060. The fraction of sp³-hybridized carbons (Fsp3) is 0.417. The van der Waals surface area contributed by atoms with Crippen molar-refractivity contribution in [2.45, 2.75) is 25.6 Å². The Balaban J connectivity index is 2.26. The van der Waals surface area contributed by atoms with Crippen LogP contribution >= 0.6 is 11.6 Å². The average Bonchev–Trinajstić information content (AvgIpc) is 2.93. The molecule has 0 saturated heterocycles. The van der Waals surface area contributed by atoms with Crippen molar-refractivity contribution in [1.29, 1.82) is 0 Å². The number of aliphatic hydroxyl groups is 2. The van der Waals surface area contributed by atoms with E-state index in [1.54, 1.807) is 43.3 Å². The van der Waals surface area contributed by atoms with Crippen LogP contribution in [0.2, 0.25) is 5.02 Å². The number of hydrogen-bond acceptors (Lipinski definition) is 7. The molecule has 3 N–H and O–H groups in total. The highest BCUT2D eigenvalue weighted by atomic mass is 35.5. The number of para-hydroxylation sites is 1. The second-order valence-electron chi connectivity index (χ2n) is 8.44. The predicted octanol–water partition coefficient (Wildman–Crippen LogP) is 2.64. The number of amides is 1. The SMILES string of the molecule is COc1cccc([C@H]2O[C@H](CC(=O)O)C(=O)N(CC(C)(CO)CO)c3ccc(Cl)cc32)c1OC. The molecule has 0 aliphatic carbocycles. The maximum atomic E-state index is 13.6. The molecular formula is C24H28ClNO8. The average molecular weight is 494 g/mol. The Morgan fingerprint density at radius 1 is 1.15 bits per heavy atom. The van der Waals surface area contributed by atoms with Crippen molar-refractivity contribution in [2.75, 3.05) is 38.9 Å². The van der Waals surface area contributed by atoms with E-state index in [1.807, 2.05) is 0 Å².